The molecule has 0 aliphatic heterocycles. The summed E-state index contributed by atoms with van der Waals surface area (Å²) in [6, 6.07) is 17.0. The largest absolute Gasteiger partial charge is 0.497 e. The standard InChI is InChI=1S/C20H19NO4S/c1-23-16-10-15(11-17(12-16)24-2)21-20(22)19-14(8-9-25-19)13-26-18-6-4-3-5-7-18/h3-12H,13H2,1-2H3,(H,21,22). The van der Waals surface area contributed by atoms with Crippen molar-refractivity contribution in [1.29, 1.82) is 0 Å². The number of thioether (sulfide) groups is 1. The van der Waals surface area contributed by atoms with Crippen LogP contribution in [0.5, 0.6) is 11.5 Å². The Hall–Kier alpha value is -2.86. The van der Waals surface area contributed by atoms with Crippen molar-refractivity contribution < 1.29 is 18.7 Å². The summed E-state index contributed by atoms with van der Waals surface area (Å²) in [5, 5.41) is 2.83. The third kappa shape index (κ3) is 4.40. The fourth-order valence-electron chi connectivity index (χ4n) is 2.39. The average Bonchev–Trinajstić information content (AvgIpc) is 3.15. The number of ether oxygens (including phenoxy) is 2. The Bertz CT molecular complexity index is 854. The van der Waals surface area contributed by atoms with E-state index >= 15 is 0 Å². The average molecular weight is 369 g/mol. The van der Waals surface area contributed by atoms with Gasteiger partial charge in [-0.15, -0.1) is 11.8 Å². The fraction of sp³-hybridized carbons (Fsp3) is 0.150. The minimum absolute atomic E-state index is 0.301. The highest BCUT2D eigenvalue weighted by molar-refractivity contribution is 7.98. The molecular formula is C20H19NO4S. The molecule has 1 N–H and O–H groups in total. The van der Waals surface area contributed by atoms with Gasteiger partial charge in [-0.1, -0.05) is 18.2 Å². The molecule has 6 heteroatoms. The number of carbonyl (C=O) groups is 1. The monoisotopic (exact) mass is 369 g/mol. The molecular weight excluding hydrogens is 350 g/mol. The second kappa shape index (κ2) is 8.49. The second-order valence-corrected chi connectivity index (χ2v) is 6.48. The van der Waals surface area contributed by atoms with E-state index in [0.29, 0.717) is 28.7 Å². The number of amides is 1. The number of nitrogens with one attached hydrogen (secondary N) is 1. The lowest BCUT2D eigenvalue weighted by atomic mass is 10.2. The molecule has 0 aliphatic carbocycles. The van der Waals surface area contributed by atoms with Crippen molar-refractivity contribution in [2.75, 3.05) is 19.5 Å². The van der Waals surface area contributed by atoms with Gasteiger partial charge < -0.3 is 19.2 Å². The molecule has 26 heavy (non-hydrogen) atoms. The van der Waals surface area contributed by atoms with E-state index in [1.807, 2.05) is 36.4 Å². The Morgan fingerprint density at radius 2 is 1.73 bits per heavy atom. The fourth-order valence-corrected chi connectivity index (χ4v) is 3.29. The molecule has 1 aromatic heterocycles. The second-order valence-electron chi connectivity index (χ2n) is 5.43. The van der Waals surface area contributed by atoms with Crippen LogP contribution in [0.25, 0.3) is 0 Å². The van der Waals surface area contributed by atoms with Gasteiger partial charge in [0.25, 0.3) is 5.91 Å². The number of anilines is 1. The van der Waals surface area contributed by atoms with Crippen molar-refractivity contribution >= 4 is 23.4 Å². The molecule has 0 saturated heterocycles. The maximum atomic E-state index is 12.6. The van der Waals surface area contributed by atoms with E-state index in [0.717, 1.165) is 10.5 Å². The van der Waals surface area contributed by atoms with Gasteiger partial charge in [-0.3, -0.25) is 4.79 Å². The Kier molecular flexibility index (Phi) is 5.86. The zero-order valence-electron chi connectivity index (χ0n) is 14.5. The van der Waals surface area contributed by atoms with Gasteiger partial charge in [0.15, 0.2) is 5.76 Å². The molecule has 0 bridgehead atoms. The molecule has 0 saturated carbocycles. The summed E-state index contributed by atoms with van der Waals surface area (Å²) in [6.07, 6.45) is 1.53. The predicted molar refractivity (Wildman–Crippen MR) is 102 cm³/mol. The van der Waals surface area contributed by atoms with Gasteiger partial charge in [-0.05, 0) is 18.2 Å². The number of rotatable bonds is 7. The maximum Gasteiger partial charge on any atom is 0.291 e. The lowest BCUT2D eigenvalue weighted by molar-refractivity contribution is 0.0996. The molecule has 0 atom stereocenters. The van der Waals surface area contributed by atoms with Gasteiger partial charge in [0, 0.05) is 40.1 Å². The normalized spacial score (nSPS) is 10.4. The summed E-state index contributed by atoms with van der Waals surface area (Å²) in [5.41, 5.74) is 1.41. The predicted octanol–water partition coefficient (Wildman–Crippen LogP) is 4.84. The van der Waals surface area contributed by atoms with Crippen molar-refractivity contribution in [3.05, 3.63) is 72.2 Å². The van der Waals surface area contributed by atoms with Crippen LogP contribution in [-0.2, 0) is 5.75 Å². The van der Waals surface area contributed by atoms with E-state index in [4.69, 9.17) is 13.9 Å². The van der Waals surface area contributed by atoms with Crippen LogP contribution in [0.2, 0.25) is 0 Å². The van der Waals surface area contributed by atoms with Crippen LogP contribution >= 0.6 is 11.8 Å². The molecule has 5 nitrogen and oxygen atoms in total. The SMILES string of the molecule is COc1cc(NC(=O)c2occc2CSc2ccccc2)cc(OC)c1. The number of hydrogen-bond acceptors (Lipinski definition) is 5. The molecule has 0 unspecified atom stereocenters. The van der Waals surface area contributed by atoms with E-state index in [1.165, 1.54) is 6.26 Å². The van der Waals surface area contributed by atoms with Crippen LogP contribution in [0, 0.1) is 0 Å². The van der Waals surface area contributed by atoms with Crippen LogP contribution in [0.3, 0.4) is 0 Å². The molecule has 3 aromatic rings. The summed E-state index contributed by atoms with van der Waals surface area (Å²) in [6.45, 7) is 0. The first-order valence-corrected chi connectivity index (χ1v) is 8.97. The van der Waals surface area contributed by atoms with E-state index in [1.54, 1.807) is 44.2 Å². The molecule has 2 aromatic carbocycles. The summed E-state index contributed by atoms with van der Waals surface area (Å²) in [4.78, 5) is 13.7. The minimum atomic E-state index is -0.311. The highest BCUT2D eigenvalue weighted by atomic mass is 32.2. The summed E-state index contributed by atoms with van der Waals surface area (Å²) in [7, 11) is 3.12. The molecule has 1 amide bonds. The van der Waals surface area contributed by atoms with Crippen molar-refractivity contribution in [1.82, 2.24) is 0 Å². The van der Waals surface area contributed by atoms with Crippen LogP contribution in [-0.4, -0.2) is 20.1 Å². The van der Waals surface area contributed by atoms with E-state index in [-0.39, 0.29) is 5.91 Å². The number of methoxy groups -OCH3 is 2. The first-order valence-electron chi connectivity index (χ1n) is 7.98. The van der Waals surface area contributed by atoms with Crippen molar-refractivity contribution in [2.24, 2.45) is 0 Å². The first kappa shape index (κ1) is 17.9. The van der Waals surface area contributed by atoms with Crippen LogP contribution in [0.1, 0.15) is 16.1 Å². The van der Waals surface area contributed by atoms with Crippen LogP contribution in [0.4, 0.5) is 5.69 Å². The summed E-state index contributed by atoms with van der Waals surface area (Å²) in [5.74, 6) is 1.83. The number of benzene rings is 2. The smallest absolute Gasteiger partial charge is 0.291 e. The summed E-state index contributed by atoms with van der Waals surface area (Å²) >= 11 is 1.65. The van der Waals surface area contributed by atoms with Gasteiger partial charge in [0.1, 0.15) is 11.5 Å². The Morgan fingerprint density at radius 3 is 2.38 bits per heavy atom. The van der Waals surface area contributed by atoms with Crippen molar-refractivity contribution in [3.8, 4) is 11.5 Å². The molecule has 0 aliphatic rings. The van der Waals surface area contributed by atoms with Gasteiger partial charge in [0.2, 0.25) is 0 Å². The number of furan rings is 1. The highest BCUT2D eigenvalue weighted by Crippen LogP contribution is 2.28. The zero-order valence-corrected chi connectivity index (χ0v) is 15.3. The zero-order chi connectivity index (χ0) is 18.4. The minimum Gasteiger partial charge on any atom is -0.497 e. The topological polar surface area (TPSA) is 60.7 Å². The van der Waals surface area contributed by atoms with E-state index < -0.39 is 0 Å². The van der Waals surface area contributed by atoms with E-state index in [9.17, 15) is 4.79 Å². The molecule has 1 heterocycles. The van der Waals surface area contributed by atoms with Gasteiger partial charge in [-0.2, -0.15) is 0 Å². The van der Waals surface area contributed by atoms with Crippen LogP contribution in [0.15, 0.2) is 70.2 Å². The molecule has 0 spiro atoms. The van der Waals surface area contributed by atoms with E-state index in [2.05, 4.69) is 5.32 Å². The third-order valence-electron chi connectivity index (χ3n) is 3.70. The first-order chi connectivity index (χ1) is 12.7. The van der Waals surface area contributed by atoms with Gasteiger partial charge in [0.05, 0.1) is 20.5 Å². The highest BCUT2D eigenvalue weighted by Gasteiger charge is 2.16. The molecule has 3 rings (SSSR count). The van der Waals surface area contributed by atoms with Gasteiger partial charge in [-0.25, -0.2) is 0 Å². The molecule has 134 valence electrons. The lowest BCUT2D eigenvalue weighted by Crippen LogP contribution is -2.13. The third-order valence-corrected chi connectivity index (χ3v) is 4.76. The Labute approximate surface area is 156 Å². The van der Waals surface area contributed by atoms with Crippen molar-refractivity contribution in [2.45, 2.75) is 10.6 Å². The molecule has 0 radical (unpaired) electrons. The number of carbonyl (C=O) groups excluding carboxylic acids is 1. The molecule has 0 fully saturated rings. The van der Waals surface area contributed by atoms with Crippen LogP contribution < -0.4 is 14.8 Å². The Balaban J connectivity index is 1.72. The lowest BCUT2D eigenvalue weighted by Gasteiger charge is -2.09. The summed E-state index contributed by atoms with van der Waals surface area (Å²) < 4.78 is 15.9. The number of hydrogen-bond donors (Lipinski definition) is 1. The van der Waals surface area contributed by atoms with Crippen molar-refractivity contribution in [3.63, 3.8) is 0 Å². The maximum absolute atomic E-state index is 12.6. The van der Waals surface area contributed by atoms with Gasteiger partial charge >= 0.3 is 0 Å². The Morgan fingerprint density at radius 1 is 1.04 bits per heavy atom. The quantitative estimate of drug-likeness (QED) is 0.604.